The Kier molecular flexibility index (Phi) is 6.92. The fraction of sp³-hybridized carbons (Fsp3) is 0.667. The summed E-state index contributed by atoms with van der Waals surface area (Å²) < 4.78 is 0. The van der Waals surface area contributed by atoms with Crippen molar-refractivity contribution >= 4 is 6.03 Å². The number of hydrogen-bond acceptors (Lipinski definition) is 3. The molecule has 2 saturated heterocycles. The fourth-order valence-corrected chi connectivity index (χ4v) is 4.28. The zero-order chi connectivity index (χ0) is 18.4. The molecule has 0 saturated carbocycles. The number of likely N-dealkylation sites (tertiary alicyclic amines) is 1. The number of benzene rings is 1. The summed E-state index contributed by atoms with van der Waals surface area (Å²) >= 11 is 0. The molecule has 2 aliphatic rings. The topological polar surface area (TPSA) is 47.6 Å². The minimum absolute atomic E-state index is 0.105. The average molecular weight is 359 g/mol. The summed E-state index contributed by atoms with van der Waals surface area (Å²) in [5.74, 6) is 0.736. The molecule has 2 fully saturated rings. The van der Waals surface area contributed by atoms with Crippen LogP contribution in [0.5, 0.6) is 0 Å². The van der Waals surface area contributed by atoms with Crippen molar-refractivity contribution in [1.82, 2.24) is 20.4 Å². The lowest BCUT2D eigenvalue weighted by atomic mass is 9.93. The fourth-order valence-electron chi connectivity index (χ4n) is 4.28. The molecule has 144 valence electrons. The highest BCUT2D eigenvalue weighted by Gasteiger charge is 2.28. The van der Waals surface area contributed by atoms with Gasteiger partial charge in [0.25, 0.3) is 0 Å². The number of carbonyl (C=O) groups excluding carboxylic acids is 1. The van der Waals surface area contributed by atoms with E-state index in [-0.39, 0.29) is 18.1 Å². The second-order valence-corrected chi connectivity index (χ2v) is 7.99. The summed E-state index contributed by atoms with van der Waals surface area (Å²) in [6, 6.07) is 11.4. The van der Waals surface area contributed by atoms with E-state index >= 15 is 0 Å². The van der Waals surface area contributed by atoms with Gasteiger partial charge < -0.3 is 15.5 Å². The molecule has 0 radical (unpaired) electrons. The number of rotatable bonds is 5. The lowest BCUT2D eigenvalue weighted by molar-refractivity contribution is 0.130. The van der Waals surface area contributed by atoms with Gasteiger partial charge in [-0.3, -0.25) is 4.90 Å². The van der Waals surface area contributed by atoms with Crippen LogP contribution in [-0.2, 0) is 6.54 Å². The summed E-state index contributed by atoms with van der Waals surface area (Å²) in [6.07, 6.45) is 3.58. The maximum absolute atomic E-state index is 12.5. The molecule has 2 N–H and O–H groups in total. The maximum atomic E-state index is 12.5. The molecule has 5 heteroatoms. The normalized spacial score (nSPS) is 25.2. The molecule has 0 aliphatic carbocycles. The van der Waals surface area contributed by atoms with Crippen molar-refractivity contribution in [3.63, 3.8) is 0 Å². The first-order valence-electron chi connectivity index (χ1n) is 10.2. The van der Waals surface area contributed by atoms with E-state index < -0.39 is 0 Å². The van der Waals surface area contributed by atoms with Gasteiger partial charge in [0.2, 0.25) is 0 Å². The van der Waals surface area contributed by atoms with Crippen molar-refractivity contribution in [2.45, 2.75) is 51.7 Å². The molecule has 5 nitrogen and oxygen atoms in total. The smallest absolute Gasteiger partial charge is 0.317 e. The lowest BCUT2D eigenvalue weighted by Gasteiger charge is -2.39. The second kappa shape index (κ2) is 9.38. The van der Waals surface area contributed by atoms with Crippen LogP contribution in [0.25, 0.3) is 0 Å². The van der Waals surface area contributed by atoms with E-state index in [1.807, 2.05) is 4.90 Å². The predicted octanol–water partition coefficient (Wildman–Crippen LogP) is 2.68. The molecular formula is C21H34N4O. The van der Waals surface area contributed by atoms with Gasteiger partial charge in [-0.05, 0) is 57.7 Å². The van der Waals surface area contributed by atoms with E-state index in [1.165, 1.54) is 31.5 Å². The van der Waals surface area contributed by atoms with E-state index in [2.05, 4.69) is 59.7 Å². The third-order valence-electron chi connectivity index (χ3n) is 5.85. The third-order valence-corrected chi connectivity index (χ3v) is 5.85. The number of nitrogens with zero attached hydrogens (tertiary/aromatic N) is 2. The Balaban J connectivity index is 1.34. The Morgan fingerprint density at radius 3 is 2.42 bits per heavy atom. The molecule has 0 bridgehead atoms. The van der Waals surface area contributed by atoms with E-state index in [0.29, 0.717) is 0 Å². The van der Waals surface area contributed by atoms with Crippen molar-refractivity contribution in [1.29, 1.82) is 0 Å². The summed E-state index contributed by atoms with van der Waals surface area (Å²) in [5, 5.41) is 6.53. The largest absolute Gasteiger partial charge is 0.338 e. The zero-order valence-electron chi connectivity index (χ0n) is 16.3. The predicted molar refractivity (Wildman–Crippen MR) is 106 cm³/mol. The van der Waals surface area contributed by atoms with Crippen LogP contribution in [0.4, 0.5) is 4.79 Å². The van der Waals surface area contributed by atoms with Crippen LogP contribution in [0.1, 0.15) is 38.7 Å². The van der Waals surface area contributed by atoms with Crippen molar-refractivity contribution in [3.05, 3.63) is 35.9 Å². The standard InChI is InChI=1S/C21H34N4O/c1-17-14-22-15-18(2)25(17)21(26)23-11-8-19-9-12-24(13-10-19)16-20-6-4-3-5-7-20/h3-7,17-19,22H,8-16H2,1-2H3,(H,23,26)/t17-,18+. The number of carbonyl (C=O) groups is 1. The Morgan fingerprint density at radius 2 is 1.77 bits per heavy atom. The first kappa shape index (κ1) is 19.2. The number of nitrogens with one attached hydrogen (secondary N) is 2. The van der Waals surface area contributed by atoms with Crippen LogP contribution in [-0.4, -0.2) is 60.6 Å². The molecule has 0 unspecified atom stereocenters. The van der Waals surface area contributed by atoms with Gasteiger partial charge >= 0.3 is 6.03 Å². The number of piperidine rings is 1. The van der Waals surface area contributed by atoms with Crippen LogP contribution in [0.15, 0.2) is 30.3 Å². The molecule has 1 aromatic rings. The van der Waals surface area contributed by atoms with Gasteiger partial charge in [-0.1, -0.05) is 30.3 Å². The minimum atomic E-state index is 0.105. The summed E-state index contributed by atoms with van der Waals surface area (Å²) in [6.45, 7) is 10.2. The van der Waals surface area contributed by atoms with Gasteiger partial charge in [0.15, 0.2) is 0 Å². The van der Waals surface area contributed by atoms with Gasteiger partial charge in [0, 0.05) is 38.3 Å². The van der Waals surface area contributed by atoms with E-state index in [0.717, 1.165) is 38.5 Å². The molecule has 1 aromatic carbocycles. The number of piperazine rings is 1. The van der Waals surface area contributed by atoms with Crippen LogP contribution >= 0.6 is 0 Å². The number of amides is 2. The zero-order valence-corrected chi connectivity index (χ0v) is 16.3. The molecular weight excluding hydrogens is 324 g/mol. The SMILES string of the molecule is C[C@@H]1CNC[C@H](C)N1C(=O)NCCC1CCN(Cc2ccccc2)CC1. The van der Waals surface area contributed by atoms with Crippen LogP contribution < -0.4 is 10.6 Å². The van der Waals surface area contributed by atoms with Crippen LogP contribution in [0.2, 0.25) is 0 Å². The summed E-state index contributed by atoms with van der Waals surface area (Å²) in [4.78, 5) is 17.0. The molecule has 3 rings (SSSR count). The van der Waals surface area contributed by atoms with Gasteiger partial charge in [-0.15, -0.1) is 0 Å². The molecule has 2 aliphatic heterocycles. The Morgan fingerprint density at radius 1 is 1.12 bits per heavy atom. The van der Waals surface area contributed by atoms with Crippen molar-refractivity contribution < 1.29 is 4.79 Å². The van der Waals surface area contributed by atoms with Crippen LogP contribution in [0, 0.1) is 5.92 Å². The Labute approximate surface area is 158 Å². The van der Waals surface area contributed by atoms with Gasteiger partial charge in [-0.25, -0.2) is 4.79 Å². The summed E-state index contributed by atoms with van der Waals surface area (Å²) in [5.41, 5.74) is 1.40. The Hall–Kier alpha value is -1.59. The van der Waals surface area contributed by atoms with Crippen molar-refractivity contribution in [2.75, 3.05) is 32.7 Å². The molecule has 0 aromatic heterocycles. The maximum Gasteiger partial charge on any atom is 0.317 e. The quantitative estimate of drug-likeness (QED) is 0.851. The molecule has 2 heterocycles. The molecule has 2 amide bonds. The van der Waals surface area contributed by atoms with Crippen molar-refractivity contribution in [2.24, 2.45) is 5.92 Å². The van der Waals surface area contributed by atoms with E-state index in [1.54, 1.807) is 0 Å². The highest BCUT2D eigenvalue weighted by Crippen LogP contribution is 2.21. The average Bonchev–Trinajstić information content (AvgIpc) is 2.64. The van der Waals surface area contributed by atoms with Gasteiger partial charge in [-0.2, -0.15) is 0 Å². The first-order chi connectivity index (χ1) is 12.6. The van der Waals surface area contributed by atoms with Crippen LogP contribution in [0.3, 0.4) is 0 Å². The Bertz CT molecular complexity index is 546. The van der Waals surface area contributed by atoms with Gasteiger partial charge in [0.1, 0.15) is 0 Å². The monoisotopic (exact) mass is 358 g/mol. The van der Waals surface area contributed by atoms with Gasteiger partial charge in [0.05, 0.1) is 0 Å². The first-order valence-corrected chi connectivity index (χ1v) is 10.2. The highest BCUT2D eigenvalue weighted by molar-refractivity contribution is 5.75. The van der Waals surface area contributed by atoms with E-state index in [9.17, 15) is 4.79 Å². The molecule has 26 heavy (non-hydrogen) atoms. The lowest BCUT2D eigenvalue weighted by Crippen LogP contribution is -2.59. The number of urea groups is 1. The molecule has 0 spiro atoms. The summed E-state index contributed by atoms with van der Waals surface area (Å²) in [7, 11) is 0. The second-order valence-electron chi connectivity index (χ2n) is 7.99. The number of hydrogen-bond donors (Lipinski definition) is 2. The minimum Gasteiger partial charge on any atom is -0.338 e. The van der Waals surface area contributed by atoms with E-state index in [4.69, 9.17) is 0 Å². The molecule has 2 atom stereocenters. The highest BCUT2D eigenvalue weighted by atomic mass is 16.2. The third kappa shape index (κ3) is 5.21. The van der Waals surface area contributed by atoms with Crippen molar-refractivity contribution in [3.8, 4) is 0 Å².